The van der Waals surface area contributed by atoms with Crippen molar-refractivity contribution in [1.29, 1.82) is 0 Å². The van der Waals surface area contributed by atoms with Crippen LogP contribution in [-0.2, 0) is 30.7 Å². The highest BCUT2D eigenvalue weighted by molar-refractivity contribution is 5.95. The van der Waals surface area contributed by atoms with Crippen LogP contribution in [0, 0.1) is 5.92 Å². The average Bonchev–Trinajstić information content (AvgIpc) is 3.29. The van der Waals surface area contributed by atoms with Crippen molar-refractivity contribution in [2.75, 3.05) is 6.54 Å². The van der Waals surface area contributed by atoms with Gasteiger partial charge in [-0.15, -0.1) is 0 Å². The first-order valence-electron chi connectivity index (χ1n) is 10.4. The van der Waals surface area contributed by atoms with Crippen molar-refractivity contribution in [2.45, 2.75) is 71.5 Å². The van der Waals surface area contributed by atoms with Crippen LogP contribution in [0.1, 0.15) is 67.2 Å². The van der Waals surface area contributed by atoms with Crippen molar-refractivity contribution >= 4 is 11.8 Å². The molecule has 2 aliphatic heterocycles. The summed E-state index contributed by atoms with van der Waals surface area (Å²) in [6.45, 7) is 7.76. The normalized spacial score (nSPS) is 20.8. The molecule has 0 aromatic carbocycles. The number of aryl methyl sites for hydroxylation is 2. The molecule has 9 heteroatoms. The van der Waals surface area contributed by atoms with Gasteiger partial charge in [0.05, 0.1) is 24.0 Å². The molecule has 2 aromatic heterocycles. The zero-order chi connectivity index (χ0) is 20.5. The fraction of sp³-hybridized carbons (Fsp3) is 0.650. The SMILES string of the molecule is CC(=O)NCC1CCn2ncc(C(=O)NC3CCc4nc(C(C)C)nn4C3)c2C1. The molecule has 156 valence electrons. The van der Waals surface area contributed by atoms with Crippen LogP contribution in [0.2, 0.25) is 0 Å². The zero-order valence-electron chi connectivity index (χ0n) is 17.3. The number of amides is 2. The molecule has 0 spiro atoms. The Kier molecular flexibility index (Phi) is 5.38. The minimum Gasteiger partial charge on any atom is -0.356 e. The highest BCUT2D eigenvalue weighted by Crippen LogP contribution is 2.23. The van der Waals surface area contributed by atoms with Gasteiger partial charge in [0.1, 0.15) is 5.82 Å². The molecule has 2 aromatic rings. The molecule has 0 fully saturated rings. The monoisotopic (exact) mass is 399 g/mol. The van der Waals surface area contributed by atoms with Gasteiger partial charge in [-0.1, -0.05) is 13.8 Å². The third-order valence-electron chi connectivity index (χ3n) is 5.79. The average molecular weight is 399 g/mol. The van der Waals surface area contributed by atoms with Crippen LogP contribution in [0.15, 0.2) is 6.20 Å². The van der Waals surface area contributed by atoms with E-state index in [-0.39, 0.29) is 17.9 Å². The Morgan fingerprint density at radius 2 is 2.10 bits per heavy atom. The molecule has 0 radical (unpaired) electrons. The van der Waals surface area contributed by atoms with Gasteiger partial charge in [0.15, 0.2) is 5.82 Å². The van der Waals surface area contributed by atoms with E-state index in [1.807, 2.05) is 9.36 Å². The quantitative estimate of drug-likeness (QED) is 0.781. The highest BCUT2D eigenvalue weighted by Gasteiger charge is 2.28. The number of hydrogen-bond acceptors (Lipinski definition) is 5. The second-order valence-electron chi connectivity index (χ2n) is 8.46. The topological polar surface area (TPSA) is 107 Å². The van der Waals surface area contributed by atoms with E-state index in [0.717, 1.165) is 49.6 Å². The Bertz CT molecular complexity index is 914. The molecule has 0 aliphatic carbocycles. The summed E-state index contributed by atoms with van der Waals surface area (Å²) in [6, 6.07) is 0.0334. The fourth-order valence-electron chi connectivity index (χ4n) is 4.10. The van der Waals surface area contributed by atoms with Crippen LogP contribution < -0.4 is 10.6 Å². The molecule has 2 N–H and O–H groups in total. The summed E-state index contributed by atoms with van der Waals surface area (Å²) in [5.74, 6) is 2.39. The first-order chi connectivity index (χ1) is 13.9. The summed E-state index contributed by atoms with van der Waals surface area (Å²) in [5.41, 5.74) is 1.60. The molecule has 0 saturated carbocycles. The summed E-state index contributed by atoms with van der Waals surface area (Å²) in [4.78, 5) is 28.8. The van der Waals surface area contributed by atoms with Gasteiger partial charge >= 0.3 is 0 Å². The predicted octanol–water partition coefficient (Wildman–Crippen LogP) is 1.04. The number of nitrogens with one attached hydrogen (secondary N) is 2. The van der Waals surface area contributed by atoms with Gasteiger partial charge in [-0.3, -0.25) is 14.3 Å². The van der Waals surface area contributed by atoms with Crippen LogP contribution in [0.4, 0.5) is 0 Å². The molecule has 2 atom stereocenters. The van der Waals surface area contributed by atoms with Gasteiger partial charge in [-0.25, -0.2) is 9.67 Å². The Hall–Kier alpha value is -2.71. The third-order valence-corrected chi connectivity index (χ3v) is 5.79. The van der Waals surface area contributed by atoms with E-state index in [4.69, 9.17) is 0 Å². The van der Waals surface area contributed by atoms with E-state index in [1.165, 1.54) is 6.92 Å². The Balaban J connectivity index is 1.41. The molecule has 2 amide bonds. The standard InChI is InChI=1S/C20H29N7O2/c1-12(2)19-24-18-5-4-15(11-27(18)25-19)23-20(29)16-10-22-26-7-6-14(8-17(16)26)9-21-13(3)28/h10,12,14-15H,4-9,11H2,1-3H3,(H,21,28)(H,23,29). The van der Waals surface area contributed by atoms with Crippen molar-refractivity contribution in [3.63, 3.8) is 0 Å². The van der Waals surface area contributed by atoms with Crippen LogP contribution in [0.3, 0.4) is 0 Å². The smallest absolute Gasteiger partial charge is 0.255 e. The van der Waals surface area contributed by atoms with E-state index in [1.54, 1.807) is 6.20 Å². The zero-order valence-corrected chi connectivity index (χ0v) is 17.3. The number of hydrogen-bond donors (Lipinski definition) is 2. The molecule has 9 nitrogen and oxygen atoms in total. The lowest BCUT2D eigenvalue weighted by atomic mass is 9.94. The second kappa shape index (κ2) is 7.96. The van der Waals surface area contributed by atoms with Crippen molar-refractivity contribution in [1.82, 2.24) is 35.2 Å². The number of carbonyl (C=O) groups is 2. The minimum atomic E-state index is -0.0796. The van der Waals surface area contributed by atoms with Crippen molar-refractivity contribution in [3.8, 4) is 0 Å². The molecule has 4 rings (SSSR count). The van der Waals surface area contributed by atoms with E-state index in [2.05, 4.69) is 39.7 Å². The summed E-state index contributed by atoms with van der Waals surface area (Å²) >= 11 is 0. The van der Waals surface area contributed by atoms with Crippen LogP contribution in [0.5, 0.6) is 0 Å². The van der Waals surface area contributed by atoms with Gasteiger partial charge in [0.2, 0.25) is 5.91 Å². The van der Waals surface area contributed by atoms with Gasteiger partial charge in [-0.2, -0.15) is 10.2 Å². The largest absolute Gasteiger partial charge is 0.356 e. The number of fused-ring (bicyclic) bond motifs is 2. The summed E-state index contributed by atoms with van der Waals surface area (Å²) in [6.07, 6.45) is 5.04. The maximum Gasteiger partial charge on any atom is 0.255 e. The molecular weight excluding hydrogens is 370 g/mol. The second-order valence-corrected chi connectivity index (χ2v) is 8.46. The maximum atomic E-state index is 13.0. The van der Waals surface area contributed by atoms with E-state index in [9.17, 15) is 9.59 Å². The van der Waals surface area contributed by atoms with Gasteiger partial charge in [0.25, 0.3) is 5.91 Å². The Morgan fingerprint density at radius 1 is 1.28 bits per heavy atom. The van der Waals surface area contributed by atoms with Crippen molar-refractivity contribution in [3.05, 3.63) is 29.1 Å². The predicted molar refractivity (Wildman–Crippen MR) is 106 cm³/mol. The van der Waals surface area contributed by atoms with Crippen LogP contribution in [-0.4, -0.2) is 48.9 Å². The lowest BCUT2D eigenvalue weighted by molar-refractivity contribution is -0.119. The van der Waals surface area contributed by atoms with Gasteiger partial charge in [-0.05, 0) is 25.2 Å². The number of aromatic nitrogens is 5. The summed E-state index contributed by atoms with van der Waals surface area (Å²) in [7, 11) is 0. The molecular formula is C20H29N7O2. The Morgan fingerprint density at radius 3 is 2.86 bits per heavy atom. The number of nitrogens with zero attached hydrogens (tertiary/aromatic N) is 5. The lowest BCUT2D eigenvalue weighted by Crippen LogP contribution is -2.41. The third kappa shape index (κ3) is 4.18. The molecule has 2 unspecified atom stereocenters. The van der Waals surface area contributed by atoms with Gasteiger partial charge in [0, 0.05) is 38.4 Å². The first kappa shape index (κ1) is 19.6. The molecule has 4 heterocycles. The molecule has 0 saturated heterocycles. The number of carbonyl (C=O) groups excluding carboxylic acids is 2. The maximum absolute atomic E-state index is 13.0. The van der Waals surface area contributed by atoms with E-state index >= 15 is 0 Å². The van der Waals surface area contributed by atoms with Crippen molar-refractivity contribution in [2.24, 2.45) is 5.92 Å². The lowest BCUT2D eigenvalue weighted by Gasteiger charge is -2.25. The number of rotatable bonds is 5. The minimum absolute atomic E-state index is 0.0209. The molecule has 2 aliphatic rings. The molecule has 29 heavy (non-hydrogen) atoms. The van der Waals surface area contributed by atoms with E-state index in [0.29, 0.717) is 30.5 Å². The fourth-order valence-corrected chi connectivity index (χ4v) is 4.10. The molecule has 0 bridgehead atoms. The summed E-state index contributed by atoms with van der Waals surface area (Å²) < 4.78 is 3.85. The highest BCUT2D eigenvalue weighted by atomic mass is 16.2. The first-order valence-corrected chi connectivity index (χ1v) is 10.4. The van der Waals surface area contributed by atoms with Crippen molar-refractivity contribution < 1.29 is 9.59 Å². The van der Waals surface area contributed by atoms with Crippen LogP contribution >= 0.6 is 0 Å². The van der Waals surface area contributed by atoms with E-state index < -0.39 is 0 Å². The van der Waals surface area contributed by atoms with Gasteiger partial charge < -0.3 is 10.6 Å². The Labute approximate surface area is 170 Å². The summed E-state index contributed by atoms with van der Waals surface area (Å²) in [5, 5.41) is 15.0. The van der Waals surface area contributed by atoms with Crippen LogP contribution in [0.25, 0.3) is 0 Å².